The van der Waals surface area contributed by atoms with Gasteiger partial charge in [0, 0.05) is 21.9 Å². The third-order valence-corrected chi connectivity index (χ3v) is 8.46. The molecule has 0 radical (unpaired) electrons. The molecule has 4 heteroatoms. The van der Waals surface area contributed by atoms with E-state index in [4.69, 9.17) is 24.5 Å². The molecule has 4 nitrogen and oxygen atoms in total. The second-order valence-electron chi connectivity index (χ2n) is 11.4. The van der Waals surface area contributed by atoms with Gasteiger partial charge < -0.3 is 0 Å². The van der Waals surface area contributed by atoms with E-state index in [-0.39, 0.29) is 45.4 Å². The van der Waals surface area contributed by atoms with Crippen molar-refractivity contribution in [2.24, 2.45) is 0 Å². The van der Waals surface area contributed by atoms with Crippen molar-refractivity contribution in [3.05, 3.63) is 182 Å². The Morgan fingerprint density at radius 2 is 0.959 bits per heavy atom. The van der Waals surface area contributed by atoms with Gasteiger partial charge in [-0.1, -0.05) is 151 Å². The summed E-state index contributed by atoms with van der Waals surface area (Å²) in [6.45, 7) is 0. The smallest absolute Gasteiger partial charge is 0.238 e. The quantitative estimate of drug-likeness (QED) is 0.183. The lowest BCUT2D eigenvalue weighted by atomic mass is 9.96. The Morgan fingerprint density at radius 1 is 0.408 bits per heavy atom. The van der Waals surface area contributed by atoms with Gasteiger partial charge in [-0.2, -0.15) is 9.97 Å². The highest BCUT2D eigenvalue weighted by Crippen LogP contribution is 2.39. The average molecular weight is 636 g/mol. The summed E-state index contributed by atoms with van der Waals surface area (Å²) >= 11 is 0. The number of para-hydroxylation sites is 1. The van der Waals surface area contributed by atoms with Crippen molar-refractivity contribution in [1.82, 2.24) is 19.5 Å². The maximum atomic E-state index is 9.24. The topological polar surface area (TPSA) is 43.6 Å². The van der Waals surface area contributed by atoms with E-state index in [0.29, 0.717) is 28.3 Å². The van der Waals surface area contributed by atoms with Crippen molar-refractivity contribution in [2.75, 3.05) is 0 Å². The molecule has 9 aromatic rings. The fraction of sp³-hybridized carbons (Fsp3) is 0. The number of hydrogen-bond acceptors (Lipinski definition) is 3. The molecule has 0 atom stereocenters. The van der Waals surface area contributed by atoms with Crippen LogP contribution in [-0.4, -0.2) is 19.5 Å². The zero-order valence-electron chi connectivity index (χ0n) is 34.9. The highest BCUT2D eigenvalue weighted by Gasteiger charge is 2.20. The van der Waals surface area contributed by atoms with Crippen LogP contribution in [0.5, 0.6) is 0 Å². The van der Waals surface area contributed by atoms with Crippen molar-refractivity contribution in [3.8, 4) is 62.1 Å². The van der Waals surface area contributed by atoms with E-state index < -0.39 is 42.3 Å². The van der Waals surface area contributed by atoms with Crippen molar-refractivity contribution in [3.63, 3.8) is 0 Å². The summed E-state index contributed by atoms with van der Waals surface area (Å²) < 4.78 is 80.1. The summed E-state index contributed by atoms with van der Waals surface area (Å²) in [5.74, 6) is 0.666. The Labute approximate surface area is 297 Å². The predicted molar refractivity (Wildman–Crippen MR) is 201 cm³/mol. The summed E-state index contributed by atoms with van der Waals surface area (Å²) in [4.78, 5) is 15.0. The Bertz CT molecular complexity index is 3010. The largest absolute Gasteiger partial charge is 0.278 e. The molecule has 2 heterocycles. The molecular formula is C45H30N4. The van der Waals surface area contributed by atoms with Gasteiger partial charge in [0.1, 0.15) is 0 Å². The Hall–Kier alpha value is -6.65. The van der Waals surface area contributed by atoms with Crippen molar-refractivity contribution in [2.45, 2.75) is 0 Å². The van der Waals surface area contributed by atoms with E-state index in [1.54, 1.807) is 22.8 Å². The van der Waals surface area contributed by atoms with E-state index in [1.807, 2.05) is 103 Å². The number of benzene rings is 7. The highest BCUT2D eigenvalue weighted by atomic mass is 15.2. The Kier molecular flexibility index (Phi) is 5.11. The molecule has 0 saturated carbocycles. The van der Waals surface area contributed by atoms with Gasteiger partial charge >= 0.3 is 0 Å². The number of rotatable bonds is 6. The SMILES string of the molecule is [2H]c1c([2H])c([2H])c(-c2cccc3c2c2c([2H])c([2H])c([2H])c([2H])c2n3-c2nc(-c3ccccc3)nc(-c3cc(-c4ccccc4)cc(-c4ccccc4)c3)n2)c([2H])c1[2H]. The zero-order valence-corrected chi connectivity index (χ0v) is 25.9. The molecule has 0 amide bonds. The Morgan fingerprint density at radius 3 is 1.61 bits per heavy atom. The molecule has 0 spiro atoms. The number of fused-ring (bicyclic) bond motifs is 3. The summed E-state index contributed by atoms with van der Waals surface area (Å²) in [7, 11) is 0. The average Bonchev–Trinajstić information content (AvgIpc) is 3.63. The van der Waals surface area contributed by atoms with Crippen LogP contribution in [0.4, 0.5) is 0 Å². The van der Waals surface area contributed by atoms with E-state index in [0.717, 1.165) is 22.3 Å². The molecule has 0 fully saturated rings. The molecule has 49 heavy (non-hydrogen) atoms. The lowest BCUT2D eigenvalue weighted by molar-refractivity contribution is 0.953. The molecule has 0 bridgehead atoms. The van der Waals surface area contributed by atoms with E-state index in [1.165, 1.54) is 0 Å². The van der Waals surface area contributed by atoms with Gasteiger partial charge in [-0.25, -0.2) is 4.98 Å². The number of hydrogen-bond donors (Lipinski definition) is 0. The molecular weight excluding hydrogens is 597 g/mol. The first-order valence-electron chi connectivity index (χ1n) is 20.2. The van der Waals surface area contributed by atoms with Gasteiger partial charge in [-0.3, -0.25) is 4.57 Å². The summed E-state index contributed by atoms with van der Waals surface area (Å²) in [6, 6.07) is 36.2. The summed E-state index contributed by atoms with van der Waals surface area (Å²) in [5, 5.41) is 0.341. The van der Waals surface area contributed by atoms with Crippen LogP contribution in [0.2, 0.25) is 0 Å². The van der Waals surface area contributed by atoms with Gasteiger partial charge in [0.05, 0.1) is 23.4 Å². The molecule has 0 N–H and O–H groups in total. The van der Waals surface area contributed by atoms with Crippen LogP contribution in [0.15, 0.2) is 182 Å². The molecule has 230 valence electrons. The van der Waals surface area contributed by atoms with Crippen LogP contribution in [0.1, 0.15) is 12.3 Å². The zero-order chi connectivity index (χ0) is 40.4. The first kappa shape index (κ1) is 20.6. The minimum atomic E-state index is -0.548. The van der Waals surface area contributed by atoms with E-state index in [2.05, 4.69) is 6.07 Å². The number of nitrogens with zero attached hydrogens (tertiary/aromatic N) is 4. The van der Waals surface area contributed by atoms with Gasteiger partial charge in [-0.05, 0) is 63.7 Å². The molecule has 0 unspecified atom stereocenters. The monoisotopic (exact) mass is 635 g/mol. The fourth-order valence-corrected chi connectivity index (χ4v) is 6.23. The minimum Gasteiger partial charge on any atom is -0.278 e. The second kappa shape index (κ2) is 12.2. The normalized spacial score (nSPS) is 13.8. The summed E-state index contributed by atoms with van der Waals surface area (Å²) in [5.41, 5.74) is 5.66. The fourth-order valence-electron chi connectivity index (χ4n) is 6.23. The van der Waals surface area contributed by atoms with Crippen LogP contribution in [-0.2, 0) is 0 Å². The lowest BCUT2D eigenvalue weighted by Gasteiger charge is -2.13. The third kappa shape index (κ3) is 5.26. The first-order valence-corrected chi connectivity index (χ1v) is 15.7. The molecule has 0 aliphatic heterocycles. The standard InChI is InChI=1S/C45H30N4/c1-5-16-31(17-6-1)35-28-36(32-18-7-2-8-19-32)30-37(29-35)44-46-43(34-22-11-4-12-23-34)47-45(48-44)49-40-26-14-13-24-39(40)42-38(25-15-27-41(42)49)33-20-9-3-10-21-33/h1-30H/i3D,9D,10D,13D,14D,20D,21D,24D,26D. The first-order chi connectivity index (χ1) is 28.0. The Balaban J connectivity index is 1.41. The third-order valence-electron chi connectivity index (χ3n) is 8.46. The van der Waals surface area contributed by atoms with Crippen LogP contribution in [0, 0.1) is 0 Å². The maximum Gasteiger partial charge on any atom is 0.238 e. The van der Waals surface area contributed by atoms with Crippen LogP contribution in [0.3, 0.4) is 0 Å². The molecule has 0 saturated heterocycles. The molecule has 2 aromatic heterocycles. The van der Waals surface area contributed by atoms with Gasteiger partial charge in [0.25, 0.3) is 0 Å². The second-order valence-corrected chi connectivity index (χ2v) is 11.4. The lowest BCUT2D eigenvalue weighted by Crippen LogP contribution is -2.06. The summed E-state index contributed by atoms with van der Waals surface area (Å²) in [6.07, 6.45) is 0. The maximum absolute atomic E-state index is 9.24. The minimum absolute atomic E-state index is 0.0541. The van der Waals surface area contributed by atoms with Crippen LogP contribution < -0.4 is 0 Å². The molecule has 9 rings (SSSR count). The number of aromatic nitrogens is 4. The van der Waals surface area contributed by atoms with E-state index >= 15 is 0 Å². The van der Waals surface area contributed by atoms with Crippen molar-refractivity contribution < 1.29 is 12.3 Å². The molecule has 0 aliphatic rings. The molecule has 0 aliphatic carbocycles. The predicted octanol–water partition coefficient (Wildman–Crippen LogP) is 11.3. The van der Waals surface area contributed by atoms with Crippen LogP contribution >= 0.6 is 0 Å². The van der Waals surface area contributed by atoms with E-state index in [9.17, 15) is 2.74 Å². The van der Waals surface area contributed by atoms with Gasteiger partial charge in [-0.15, -0.1) is 0 Å². The van der Waals surface area contributed by atoms with Crippen molar-refractivity contribution >= 4 is 21.8 Å². The van der Waals surface area contributed by atoms with Crippen molar-refractivity contribution in [1.29, 1.82) is 0 Å². The van der Waals surface area contributed by atoms with Crippen LogP contribution in [0.25, 0.3) is 83.9 Å². The van der Waals surface area contributed by atoms with Gasteiger partial charge in [0.15, 0.2) is 11.6 Å². The molecule has 7 aromatic carbocycles. The highest BCUT2D eigenvalue weighted by molar-refractivity contribution is 6.15. The van der Waals surface area contributed by atoms with Gasteiger partial charge in [0.2, 0.25) is 5.95 Å².